The largest absolute Gasteiger partial charge is 0.459 e. The molecule has 2 amide bonds. The molecule has 1 heterocycles. The molecule has 0 aliphatic heterocycles. The molecule has 3 rings (SSSR count). The number of nitrogens with one attached hydrogen (secondary N) is 2. The molecular weight excluding hydrogens is 380 g/mol. The maximum atomic E-state index is 12.3. The van der Waals surface area contributed by atoms with E-state index in [1.165, 1.54) is 19.1 Å². The lowest BCUT2D eigenvalue weighted by atomic mass is 9.75. The lowest BCUT2D eigenvalue weighted by molar-refractivity contribution is -0.131. The van der Waals surface area contributed by atoms with Gasteiger partial charge >= 0.3 is 0 Å². The lowest BCUT2D eigenvalue weighted by Crippen LogP contribution is -2.37. The molecule has 1 aliphatic rings. The number of ether oxygens (including phenoxy) is 1. The third kappa shape index (κ3) is 6.20. The molecule has 0 saturated heterocycles. The third-order valence-electron chi connectivity index (χ3n) is 5.84. The Kier molecular flexibility index (Phi) is 7.69. The van der Waals surface area contributed by atoms with E-state index in [1.807, 2.05) is 12.1 Å². The highest BCUT2D eigenvalue weighted by molar-refractivity contribution is 6.02. The summed E-state index contributed by atoms with van der Waals surface area (Å²) in [6.07, 6.45) is 5.07. The van der Waals surface area contributed by atoms with Crippen LogP contribution in [-0.2, 0) is 16.1 Å². The van der Waals surface area contributed by atoms with Crippen molar-refractivity contribution in [3.8, 4) is 0 Å². The smallest absolute Gasteiger partial charge is 0.291 e. The van der Waals surface area contributed by atoms with Crippen molar-refractivity contribution in [2.75, 3.05) is 11.9 Å². The van der Waals surface area contributed by atoms with Crippen LogP contribution < -0.4 is 10.6 Å². The summed E-state index contributed by atoms with van der Waals surface area (Å²) < 4.78 is 11.1. The molecule has 2 N–H and O–H groups in total. The van der Waals surface area contributed by atoms with Crippen molar-refractivity contribution in [2.24, 2.45) is 17.8 Å². The van der Waals surface area contributed by atoms with Crippen LogP contribution in [0.4, 0.5) is 5.69 Å². The summed E-state index contributed by atoms with van der Waals surface area (Å²) in [6, 6.07) is 10.6. The van der Waals surface area contributed by atoms with Crippen molar-refractivity contribution in [3.05, 3.63) is 54.0 Å². The van der Waals surface area contributed by atoms with Gasteiger partial charge in [0, 0.05) is 12.2 Å². The van der Waals surface area contributed by atoms with Crippen molar-refractivity contribution in [1.82, 2.24) is 5.32 Å². The monoisotopic (exact) mass is 412 g/mol. The van der Waals surface area contributed by atoms with E-state index in [9.17, 15) is 9.59 Å². The van der Waals surface area contributed by atoms with E-state index < -0.39 is 0 Å². The molecule has 0 radical (unpaired) electrons. The van der Waals surface area contributed by atoms with Gasteiger partial charge in [-0.1, -0.05) is 39.3 Å². The number of carbonyl (C=O) groups is 2. The zero-order valence-corrected chi connectivity index (χ0v) is 18.0. The van der Waals surface area contributed by atoms with Crippen LogP contribution in [-0.4, -0.2) is 24.5 Å². The first kappa shape index (κ1) is 22.1. The highest BCUT2D eigenvalue weighted by Gasteiger charge is 2.31. The van der Waals surface area contributed by atoms with Crippen LogP contribution in [0.1, 0.15) is 56.2 Å². The second kappa shape index (κ2) is 10.4. The van der Waals surface area contributed by atoms with Gasteiger partial charge in [0.25, 0.3) is 5.91 Å². The van der Waals surface area contributed by atoms with Gasteiger partial charge in [0.15, 0.2) is 5.76 Å². The molecule has 1 aliphatic carbocycles. The van der Waals surface area contributed by atoms with Gasteiger partial charge < -0.3 is 19.8 Å². The first-order valence-corrected chi connectivity index (χ1v) is 10.7. The number of hydrogen-bond acceptors (Lipinski definition) is 4. The Morgan fingerprint density at radius 1 is 1.17 bits per heavy atom. The average molecular weight is 413 g/mol. The second-order valence-corrected chi connectivity index (χ2v) is 8.58. The number of rotatable bonds is 8. The molecular formula is C24H32N2O4. The number of furan rings is 1. The van der Waals surface area contributed by atoms with Crippen LogP contribution in [0.2, 0.25) is 0 Å². The Bertz CT molecular complexity index is 814. The highest BCUT2D eigenvalue weighted by Crippen LogP contribution is 2.35. The first-order chi connectivity index (χ1) is 14.4. The van der Waals surface area contributed by atoms with Crippen LogP contribution in [0, 0.1) is 17.8 Å². The van der Waals surface area contributed by atoms with Crippen LogP contribution in [0.25, 0.3) is 0 Å². The minimum absolute atomic E-state index is 0.0951. The van der Waals surface area contributed by atoms with Gasteiger partial charge in [-0.2, -0.15) is 0 Å². The van der Waals surface area contributed by atoms with E-state index in [-0.39, 0.29) is 30.3 Å². The fourth-order valence-electron chi connectivity index (χ4n) is 4.05. The molecule has 6 heteroatoms. The summed E-state index contributed by atoms with van der Waals surface area (Å²) in [7, 11) is 0. The second-order valence-electron chi connectivity index (χ2n) is 8.58. The maximum absolute atomic E-state index is 12.3. The molecule has 2 aromatic rings. The summed E-state index contributed by atoms with van der Waals surface area (Å²) in [6.45, 7) is 7.24. The van der Waals surface area contributed by atoms with Gasteiger partial charge in [-0.3, -0.25) is 9.59 Å². The van der Waals surface area contributed by atoms with E-state index >= 15 is 0 Å². The molecule has 0 unspecified atom stereocenters. The van der Waals surface area contributed by atoms with Crippen molar-refractivity contribution >= 4 is 17.5 Å². The van der Waals surface area contributed by atoms with Gasteiger partial charge in [-0.15, -0.1) is 0 Å². The summed E-state index contributed by atoms with van der Waals surface area (Å²) >= 11 is 0. The van der Waals surface area contributed by atoms with Crippen molar-refractivity contribution in [2.45, 2.75) is 52.7 Å². The summed E-state index contributed by atoms with van der Waals surface area (Å²) in [5, 5.41) is 5.68. The summed E-state index contributed by atoms with van der Waals surface area (Å²) in [5.74, 6) is 1.61. The molecule has 0 bridgehead atoms. The quantitative estimate of drug-likeness (QED) is 0.663. The Hall–Kier alpha value is -2.60. The number of hydrogen-bond donors (Lipinski definition) is 2. The zero-order valence-electron chi connectivity index (χ0n) is 18.0. The Balaban J connectivity index is 1.42. The van der Waals surface area contributed by atoms with E-state index in [2.05, 4.69) is 31.4 Å². The Labute approximate surface area is 178 Å². The maximum Gasteiger partial charge on any atom is 0.291 e. The van der Waals surface area contributed by atoms with Crippen molar-refractivity contribution < 1.29 is 18.7 Å². The van der Waals surface area contributed by atoms with Gasteiger partial charge in [-0.05, 0) is 60.4 Å². The number of benzene rings is 1. The van der Waals surface area contributed by atoms with Crippen LogP contribution in [0.5, 0.6) is 0 Å². The van der Waals surface area contributed by atoms with Crippen LogP contribution in [0.3, 0.4) is 0 Å². The Morgan fingerprint density at radius 2 is 1.93 bits per heavy atom. The normalized spacial score (nSPS) is 21.4. The van der Waals surface area contributed by atoms with Crippen molar-refractivity contribution in [1.29, 1.82) is 0 Å². The average Bonchev–Trinajstić information content (AvgIpc) is 3.26. The SMILES string of the molecule is CC(C)[C@H]1CC[C@@H](C)C[C@@H]1OCC(=O)NCc1ccc(NC(=O)c2ccco2)cc1. The molecule has 1 saturated carbocycles. The summed E-state index contributed by atoms with van der Waals surface area (Å²) in [4.78, 5) is 24.2. The predicted octanol–water partition coefficient (Wildman–Crippen LogP) is 4.63. The standard InChI is InChI=1S/C24H32N2O4/c1-16(2)20-11-6-17(3)13-22(20)30-15-23(27)25-14-18-7-9-19(10-8-18)26-24(28)21-5-4-12-29-21/h4-5,7-10,12,16-17,20,22H,6,11,13-15H2,1-3H3,(H,25,27)(H,26,28)/t17-,20-,22+/m1/s1. The molecule has 1 fully saturated rings. The molecule has 1 aromatic heterocycles. The first-order valence-electron chi connectivity index (χ1n) is 10.7. The zero-order chi connectivity index (χ0) is 21.5. The molecule has 162 valence electrons. The molecule has 0 spiro atoms. The summed E-state index contributed by atoms with van der Waals surface area (Å²) in [5.41, 5.74) is 1.62. The molecule has 1 aromatic carbocycles. The molecule has 30 heavy (non-hydrogen) atoms. The van der Waals surface area contributed by atoms with E-state index in [4.69, 9.17) is 9.15 Å². The van der Waals surface area contributed by atoms with E-state index in [0.717, 1.165) is 12.0 Å². The minimum atomic E-state index is -0.296. The molecule has 3 atom stereocenters. The topological polar surface area (TPSA) is 80.6 Å². The van der Waals surface area contributed by atoms with Crippen molar-refractivity contribution in [3.63, 3.8) is 0 Å². The van der Waals surface area contributed by atoms with Gasteiger partial charge in [0.05, 0.1) is 12.4 Å². The van der Waals surface area contributed by atoms with Crippen LogP contribution >= 0.6 is 0 Å². The minimum Gasteiger partial charge on any atom is -0.459 e. The number of anilines is 1. The highest BCUT2D eigenvalue weighted by atomic mass is 16.5. The number of amides is 2. The third-order valence-corrected chi connectivity index (χ3v) is 5.84. The Morgan fingerprint density at radius 3 is 2.60 bits per heavy atom. The van der Waals surface area contributed by atoms with E-state index in [0.29, 0.717) is 30.0 Å². The predicted molar refractivity (Wildman–Crippen MR) is 116 cm³/mol. The van der Waals surface area contributed by atoms with Gasteiger partial charge in [0.2, 0.25) is 5.91 Å². The number of carbonyl (C=O) groups excluding carboxylic acids is 2. The fourth-order valence-corrected chi connectivity index (χ4v) is 4.05. The molecule has 6 nitrogen and oxygen atoms in total. The van der Waals surface area contributed by atoms with Gasteiger partial charge in [-0.25, -0.2) is 0 Å². The lowest BCUT2D eigenvalue weighted by Gasteiger charge is -2.37. The van der Waals surface area contributed by atoms with E-state index in [1.54, 1.807) is 24.3 Å². The van der Waals surface area contributed by atoms with Gasteiger partial charge in [0.1, 0.15) is 6.61 Å². The fraction of sp³-hybridized carbons (Fsp3) is 0.500. The van der Waals surface area contributed by atoms with Crippen LogP contribution in [0.15, 0.2) is 47.1 Å².